The molecule has 0 aromatic heterocycles. The van der Waals surface area contributed by atoms with E-state index in [2.05, 4.69) is 32.2 Å². The summed E-state index contributed by atoms with van der Waals surface area (Å²) in [6.07, 6.45) is 13.8. The molecular weight excluding hydrogens is 206 g/mol. The quantitative estimate of drug-likeness (QED) is 0.685. The number of rotatable bonds is 5. The van der Waals surface area contributed by atoms with Gasteiger partial charge >= 0.3 is 0 Å². The molecule has 0 bridgehead atoms. The monoisotopic (exact) mass is 237 g/mol. The van der Waals surface area contributed by atoms with Crippen molar-refractivity contribution in [3.63, 3.8) is 0 Å². The lowest BCUT2D eigenvalue weighted by molar-refractivity contribution is 0.318. The second kappa shape index (κ2) is 8.74. The highest BCUT2D eigenvalue weighted by Gasteiger charge is 2.19. The molecule has 0 aliphatic heterocycles. The van der Waals surface area contributed by atoms with E-state index < -0.39 is 0 Å². The molecule has 1 aliphatic rings. The minimum Gasteiger partial charge on any atom is -0.310 e. The normalized spacial score (nSPS) is 20.4. The Balaban J connectivity index is 2.55. The third-order valence-corrected chi connectivity index (χ3v) is 3.80. The Hall–Kier alpha value is -0.300. The Morgan fingerprint density at radius 2 is 1.71 bits per heavy atom. The number of hydrogen-bond donors (Lipinski definition) is 1. The largest absolute Gasteiger partial charge is 0.310 e. The van der Waals surface area contributed by atoms with Crippen LogP contribution in [0.2, 0.25) is 0 Å². The Morgan fingerprint density at radius 3 is 2.24 bits per heavy atom. The lowest BCUT2D eigenvalue weighted by Gasteiger charge is -2.28. The van der Waals surface area contributed by atoms with Crippen LogP contribution < -0.4 is 5.32 Å². The second-order valence-corrected chi connectivity index (χ2v) is 5.83. The third-order valence-electron chi connectivity index (χ3n) is 3.80. The number of hydrogen-bond acceptors (Lipinski definition) is 1. The first-order valence-corrected chi connectivity index (χ1v) is 7.62. The summed E-state index contributed by atoms with van der Waals surface area (Å²) in [5.41, 5.74) is 1.46. The molecule has 0 saturated heterocycles. The summed E-state index contributed by atoms with van der Waals surface area (Å²) in [5, 5.41) is 3.74. The molecule has 1 atom stereocenters. The van der Waals surface area contributed by atoms with E-state index in [1.165, 1.54) is 56.9 Å². The molecule has 0 spiro atoms. The van der Waals surface area contributed by atoms with Gasteiger partial charge in [0, 0.05) is 6.04 Å². The van der Waals surface area contributed by atoms with E-state index in [0.717, 1.165) is 12.5 Å². The van der Waals surface area contributed by atoms with Crippen LogP contribution in [0, 0.1) is 5.92 Å². The van der Waals surface area contributed by atoms with Gasteiger partial charge in [0.1, 0.15) is 0 Å². The zero-order valence-corrected chi connectivity index (χ0v) is 12.1. The van der Waals surface area contributed by atoms with Gasteiger partial charge in [-0.3, -0.25) is 0 Å². The fraction of sp³-hybridized carbons (Fsp3) is 0.875. The van der Waals surface area contributed by atoms with Crippen LogP contribution in [0.4, 0.5) is 0 Å². The van der Waals surface area contributed by atoms with Crippen molar-refractivity contribution in [3.05, 3.63) is 11.6 Å². The average molecular weight is 237 g/mol. The van der Waals surface area contributed by atoms with Crippen LogP contribution in [0.5, 0.6) is 0 Å². The minimum absolute atomic E-state index is 0.623. The summed E-state index contributed by atoms with van der Waals surface area (Å²) in [7, 11) is 0. The van der Waals surface area contributed by atoms with Crippen LogP contribution in [0.3, 0.4) is 0 Å². The van der Waals surface area contributed by atoms with Crippen molar-refractivity contribution >= 4 is 0 Å². The molecule has 0 amide bonds. The summed E-state index contributed by atoms with van der Waals surface area (Å²) in [6.45, 7) is 7.86. The van der Waals surface area contributed by atoms with Crippen molar-refractivity contribution in [2.24, 2.45) is 5.92 Å². The fourth-order valence-corrected chi connectivity index (χ4v) is 2.88. The van der Waals surface area contributed by atoms with Crippen molar-refractivity contribution in [1.82, 2.24) is 5.32 Å². The van der Waals surface area contributed by atoms with Crippen LogP contribution in [0.15, 0.2) is 11.6 Å². The molecule has 1 fully saturated rings. The highest BCUT2D eigenvalue weighted by molar-refractivity contribution is 5.03. The Bertz CT molecular complexity index is 208. The van der Waals surface area contributed by atoms with Gasteiger partial charge in [0.15, 0.2) is 0 Å². The maximum Gasteiger partial charge on any atom is 0.0280 e. The molecule has 1 rings (SSSR count). The lowest BCUT2D eigenvalue weighted by atomic mass is 9.85. The first kappa shape index (κ1) is 14.8. The third kappa shape index (κ3) is 6.26. The summed E-state index contributed by atoms with van der Waals surface area (Å²) in [5.74, 6) is 0.872. The molecule has 0 radical (unpaired) electrons. The van der Waals surface area contributed by atoms with Crippen molar-refractivity contribution in [1.29, 1.82) is 0 Å². The molecule has 100 valence electrons. The van der Waals surface area contributed by atoms with Crippen LogP contribution in [0.1, 0.15) is 72.1 Å². The van der Waals surface area contributed by atoms with Gasteiger partial charge in [-0.15, -0.1) is 0 Å². The Kier molecular flexibility index (Phi) is 7.59. The smallest absolute Gasteiger partial charge is 0.0280 e. The van der Waals surface area contributed by atoms with Gasteiger partial charge in [0.25, 0.3) is 0 Å². The van der Waals surface area contributed by atoms with Gasteiger partial charge in [0.05, 0.1) is 0 Å². The van der Waals surface area contributed by atoms with E-state index in [1.54, 1.807) is 0 Å². The summed E-state index contributed by atoms with van der Waals surface area (Å²) in [6, 6.07) is 0.623. The first-order valence-electron chi connectivity index (χ1n) is 7.62. The van der Waals surface area contributed by atoms with Crippen LogP contribution in [0.25, 0.3) is 0 Å². The van der Waals surface area contributed by atoms with E-state index >= 15 is 0 Å². The number of nitrogens with one attached hydrogen (secondary N) is 1. The molecule has 0 aromatic carbocycles. The summed E-state index contributed by atoms with van der Waals surface area (Å²) >= 11 is 0. The van der Waals surface area contributed by atoms with E-state index in [0.29, 0.717) is 6.04 Å². The van der Waals surface area contributed by atoms with Gasteiger partial charge in [-0.05, 0) is 45.6 Å². The first-order chi connectivity index (χ1) is 8.24. The zero-order valence-electron chi connectivity index (χ0n) is 12.1. The summed E-state index contributed by atoms with van der Waals surface area (Å²) < 4.78 is 0. The molecule has 1 saturated carbocycles. The van der Waals surface area contributed by atoms with Crippen molar-refractivity contribution in [3.8, 4) is 0 Å². The van der Waals surface area contributed by atoms with Crippen LogP contribution >= 0.6 is 0 Å². The molecule has 1 unspecified atom stereocenters. The maximum absolute atomic E-state index is 3.74. The second-order valence-electron chi connectivity index (χ2n) is 5.83. The van der Waals surface area contributed by atoms with Crippen molar-refractivity contribution < 1.29 is 0 Å². The molecule has 1 nitrogen and oxygen atoms in total. The molecular formula is C16H31N. The van der Waals surface area contributed by atoms with Gasteiger partial charge in [0.2, 0.25) is 0 Å². The summed E-state index contributed by atoms with van der Waals surface area (Å²) in [4.78, 5) is 0. The van der Waals surface area contributed by atoms with Crippen molar-refractivity contribution in [2.45, 2.75) is 78.2 Å². The minimum atomic E-state index is 0.623. The average Bonchev–Trinajstić information content (AvgIpc) is 2.23. The van der Waals surface area contributed by atoms with Gasteiger partial charge in [-0.25, -0.2) is 0 Å². The molecule has 17 heavy (non-hydrogen) atoms. The van der Waals surface area contributed by atoms with E-state index in [1.807, 2.05) is 0 Å². The topological polar surface area (TPSA) is 12.0 Å². The lowest BCUT2D eigenvalue weighted by Crippen LogP contribution is -2.35. The van der Waals surface area contributed by atoms with Gasteiger partial charge in [-0.2, -0.15) is 0 Å². The Morgan fingerprint density at radius 1 is 1.12 bits per heavy atom. The van der Waals surface area contributed by atoms with Crippen LogP contribution in [-0.2, 0) is 0 Å². The Labute approximate surface area is 108 Å². The maximum atomic E-state index is 3.74. The molecule has 0 aromatic rings. The fourth-order valence-electron chi connectivity index (χ4n) is 2.88. The molecule has 0 heterocycles. The van der Waals surface area contributed by atoms with Gasteiger partial charge < -0.3 is 5.32 Å². The molecule has 1 N–H and O–H groups in total. The van der Waals surface area contributed by atoms with Crippen molar-refractivity contribution in [2.75, 3.05) is 6.54 Å². The standard InChI is InChI=1S/C16H31N/c1-4-12-17-16(13-14(2)3)15-10-8-6-5-7-9-11-15/h13,15-17H,4-12H2,1-3H3. The van der Waals surface area contributed by atoms with E-state index in [4.69, 9.17) is 0 Å². The van der Waals surface area contributed by atoms with E-state index in [-0.39, 0.29) is 0 Å². The molecule has 1 aliphatic carbocycles. The zero-order chi connectivity index (χ0) is 12.5. The van der Waals surface area contributed by atoms with E-state index in [9.17, 15) is 0 Å². The number of allylic oxidation sites excluding steroid dienone is 1. The predicted octanol–water partition coefficient (Wildman–Crippen LogP) is 4.68. The van der Waals surface area contributed by atoms with Crippen LogP contribution in [-0.4, -0.2) is 12.6 Å². The highest BCUT2D eigenvalue weighted by Crippen LogP contribution is 2.26. The highest BCUT2D eigenvalue weighted by atomic mass is 14.9. The van der Waals surface area contributed by atoms with Gasteiger partial charge in [-0.1, -0.05) is 50.7 Å². The SMILES string of the molecule is CCCNC(C=C(C)C)C1CCCCCCC1. The predicted molar refractivity (Wildman–Crippen MR) is 77.3 cm³/mol. The molecule has 1 heteroatoms.